The van der Waals surface area contributed by atoms with E-state index < -0.39 is 4.92 Å². The van der Waals surface area contributed by atoms with Gasteiger partial charge >= 0.3 is 0 Å². The van der Waals surface area contributed by atoms with E-state index in [-0.39, 0.29) is 5.69 Å². The molecule has 0 spiro atoms. The lowest BCUT2D eigenvalue weighted by Gasteiger charge is -2.40. The third-order valence-electron chi connectivity index (χ3n) is 4.20. The van der Waals surface area contributed by atoms with Gasteiger partial charge in [-0.3, -0.25) is 10.1 Å². The van der Waals surface area contributed by atoms with Crippen molar-refractivity contribution in [3.05, 3.63) is 27.4 Å². The number of anilines is 1. The number of nitrogens with two attached hydrogens (primary N) is 1. The second-order valence-corrected chi connectivity index (χ2v) is 5.80. The number of nitro groups is 1. The summed E-state index contributed by atoms with van der Waals surface area (Å²) < 4.78 is 0. The van der Waals surface area contributed by atoms with Crippen LogP contribution >= 0.6 is 11.6 Å². The first kappa shape index (κ1) is 16.0. The molecule has 0 aliphatic heterocycles. The first-order valence-corrected chi connectivity index (χ1v) is 7.72. The van der Waals surface area contributed by atoms with E-state index in [0.717, 1.165) is 19.4 Å². The molecule has 2 atom stereocenters. The Bertz CT molecular complexity index is 512. The van der Waals surface area contributed by atoms with Gasteiger partial charge < -0.3 is 10.6 Å². The zero-order valence-electron chi connectivity index (χ0n) is 12.2. The second kappa shape index (κ2) is 7.04. The third-order valence-corrected chi connectivity index (χ3v) is 4.48. The number of hydrogen-bond acceptors (Lipinski definition) is 5. The minimum absolute atomic E-state index is 0.0844. The van der Waals surface area contributed by atoms with Crippen molar-refractivity contribution in [2.45, 2.75) is 38.6 Å². The van der Waals surface area contributed by atoms with Gasteiger partial charge in [0.1, 0.15) is 12.0 Å². The zero-order valence-corrected chi connectivity index (χ0v) is 12.9. The van der Waals surface area contributed by atoms with E-state index in [2.05, 4.69) is 9.88 Å². The minimum atomic E-state index is -0.484. The molecule has 6 nitrogen and oxygen atoms in total. The fraction of sp³-hybridized carbons (Fsp3) is 0.643. The van der Waals surface area contributed by atoms with Gasteiger partial charge in [-0.25, -0.2) is 4.98 Å². The molecule has 1 aliphatic rings. The van der Waals surface area contributed by atoms with Crippen molar-refractivity contribution in [2.24, 2.45) is 11.7 Å². The number of aromatic nitrogens is 1. The van der Waals surface area contributed by atoms with Crippen LogP contribution in [0.25, 0.3) is 0 Å². The summed E-state index contributed by atoms with van der Waals surface area (Å²) in [5.74, 6) is 1.04. The van der Waals surface area contributed by atoms with Crippen LogP contribution in [-0.2, 0) is 0 Å². The molecule has 0 amide bonds. The average Bonchev–Trinajstić information content (AvgIpc) is 2.49. The summed E-state index contributed by atoms with van der Waals surface area (Å²) in [6, 6.07) is 1.67. The van der Waals surface area contributed by atoms with Gasteiger partial charge in [-0.2, -0.15) is 0 Å². The fourth-order valence-electron chi connectivity index (χ4n) is 3.15. The molecule has 0 saturated heterocycles. The van der Waals surface area contributed by atoms with Gasteiger partial charge in [0.15, 0.2) is 0 Å². The van der Waals surface area contributed by atoms with Gasteiger partial charge in [0.25, 0.3) is 5.69 Å². The SMILES string of the molecule is CCN(c1ncc([N+](=O)[O-])cc1Cl)C1CCCCC1CN. The summed E-state index contributed by atoms with van der Waals surface area (Å²) in [5, 5.41) is 11.1. The lowest BCUT2D eigenvalue weighted by molar-refractivity contribution is -0.385. The number of halogens is 1. The molecule has 1 aromatic rings. The molecule has 116 valence electrons. The lowest BCUT2D eigenvalue weighted by Crippen LogP contribution is -2.45. The van der Waals surface area contributed by atoms with Crippen molar-refractivity contribution in [1.82, 2.24) is 4.98 Å². The highest BCUT2D eigenvalue weighted by Crippen LogP contribution is 2.34. The summed E-state index contributed by atoms with van der Waals surface area (Å²) in [5.41, 5.74) is 5.81. The van der Waals surface area contributed by atoms with Crippen LogP contribution in [0.1, 0.15) is 32.6 Å². The first-order valence-electron chi connectivity index (χ1n) is 7.35. The van der Waals surface area contributed by atoms with E-state index in [9.17, 15) is 10.1 Å². The molecule has 1 fully saturated rings. The molecule has 0 aromatic carbocycles. The van der Waals surface area contributed by atoms with Crippen molar-refractivity contribution >= 4 is 23.1 Å². The largest absolute Gasteiger partial charge is 0.352 e. The molecule has 1 heterocycles. The lowest BCUT2D eigenvalue weighted by atomic mass is 9.83. The van der Waals surface area contributed by atoms with Gasteiger partial charge in [-0.15, -0.1) is 0 Å². The summed E-state index contributed by atoms with van der Waals surface area (Å²) in [7, 11) is 0. The molecule has 1 aliphatic carbocycles. The fourth-order valence-corrected chi connectivity index (χ4v) is 3.42. The van der Waals surface area contributed by atoms with Crippen LogP contribution in [0.5, 0.6) is 0 Å². The molecule has 1 saturated carbocycles. The van der Waals surface area contributed by atoms with Crippen molar-refractivity contribution in [3.8, 4) is 0 Å². The molecule has 21 heavy (non-hydrogen) atoms. The number of hydrogen-bond donors (Lipinski definition) is 1. The van der Waals surface area contributed by atoms with E-state index in [1.165, 1.54) is 25.1 Å². The van der Waals surface area contributed by atoms with Gasteiger partial charge in [-0.05, 0) is 32.2 Å². The van der Waals surface area contributed by atoms with Crippen molar-refractivity contribution in [3.63, 3.8) is 0 Å². The van der Waals surface area contributed by atoms with Crippen LogP contribution in [0.2, 0.25) is 5.02 Å². The molecule has 2 unspecified atom stereocenters. The highest BCUT2D eigenvalue weighted by Gasteiger charge is 2.30. The molecule has 0 bridgehead atoms. The monoisotopic (exact) mass is 312 g/mol. The van der Waals surface area contributed by atoms with Crippen LogP contribution in [0.15, 0.2) is 12.3 Å². The standard InChI is InChI=1S/C14H21ClN4O2/c1-2-18(13-6-4-3-5-10(13)8-16)14-12(15)7-11(9-17-14)19(20)21/h7,9-10,13H,2-6,8,16H2,1H3. The summed E-state index contributed by atoms with van der Waals surface area (Å²) in [4.78, 5) is 16.7. The molecule has 7 heteroatoms. The quantitative estimate of drug-likeness (QED) is 0.667. The van der Waals surface area contributed by atoms with Crippen LogP contribution in [-0.4, -0.2) is 29.0 Å². The van der Waals surface area contributed by atoms with Crippen LogP contribution < -0.4 is 10.6 Å². The average molecular weight is 313 g/mol. The van der Waals surface area contributed by atoms with Crippen molar-refractivity contribution in [2.75, 3.05) is 18.0 Å². The predicted molar refractivity (Wildman–Crippen MR) is 83.7 cm³/mol. The van der Waals surface area contributed by atoms with Gasteiger partial charge in [0, 0.05) is 18.7 Å². The molecular weight excluding hydrogens is 292 g/mol. The van der Waals surface area contributed by atoms with E-state index in [1.807, 2.05) is 6.92 Å². The number of pyridine rings is 1. The van der Waals surface area contributed by atoms with E-state index in [0.29, 0.717) is 29.3 Å². The Morgan fingerprint density at radius 2 is 2.24 bits per heavy atom. The Morgan fingerprint density at radius 1 is 1.52 bits per heavy atom. The highest BCUT2D eigenvalue weighted by molar-refractivity contribution is 6.33. The Balaban J connectivity index is 2.30. The van der Waals surface area contributed by atoms with Gasteiger partial charge in [-0.1, -0.05) is 24.4 Å². The minimum Gasteiger partial charge on any atom is -0.352 e. The summed E-state index contributed by atoms with van der Waals surface area (Å²) >= 11 is 6.22. The van der Waals surface area contributed by atoms with Crippen molar-refractivity contribution < 1.29 is 4.92 Å². The smallest absolute Gasteiger partial charge is 0.289 e. The Kier molecular flexibility index (Phi) is 5.36. The number of nitrogens with zero attached hydrogens (tertiary/aromatic N) is 3. The predicted octanol–water partition coefficient (Wildman–Crippen LogP) is 2.99. The van der Waals surface area contributed by atoms with E-state index in [4.69, 9.17) is 17.3 Å². The van der Waals surface area contributed by atoms with Gasteiger partial charge in [0.05, 0.1) is 9.95 Å². The molecular formula is C14H21ClN4O2. The topological polar surface area (TPSA) is 85.3 Å². The Labute approximate surface area is 129 Å². The Morgan fingerprint density at radius 3 is 2.81 bits per heavy atom. The summed E-state index contributed by atoms with van der Waals surface area (Å²) in [6.45, 7) is 3.44. The molecule has 2 rings (SSSR count). The third kappa shape index (κ3) is 3.44. The molecule has 0 radical (unpaired) electrons. The van der Waals surface area contributed by atoms with Crippen LogP contribution in [0.4, 0.5) is 11.5 Å². The van der Waals surface area contributed by atoms with E-state index in [1.54, 1.807) is 0 Å². The van der Waals surface area contributed by atoms with Crippen molar-refractivity contribution in [1.29, 1.82) is 0 Å². The van der Waals surface area contributed by atoms with Crippen LogP contribution in [0.3, 0.4) is 0 Å². The molecule has 1 aromatic heterocycles. The first-order chi connectivity index (χ1) is 10.1. The normalized spacial score (nSPS) is 22.0. The zero-order chi connectivity index (χ0) is 15.4. The highest BCUT2D eigenvalue weighted by atomic mass is 35.5. The Hall–Kier alpha value is -1.40. The maximum absolute atomic E-state index is 10.8. The van der Waals surface area contributed by atoms with Gasteiger partial charge in [0.2, 0.25) is 0 Å². The van der Waals surface area contributed by atoms with Crippen LogP contribution in [0, 0.1) is 16.0 Å². The maximum Gasteiger partial charge on any atom is 0.289 e. The number of rotatable bonds is 5. The molecule has 2 N–H and O–H groups in total. The second-order valence-electron chi connectivity index (χ2n) is 5.39. The maximum atomic E-state index is 10.8. The van der Waals surface area contributed by atoms with E-state index >= 15 is 0 Å². The summed E-state index contributed by atoms with van der Waals surface area (Å²) in [6.07, 6.45) is 5.82.